The molecule has 1 aromatic carbocycles. The zero-order valence-corrected chi connectivity index (χ0v) is 18.9. The number of anilines is 2. The Morgan fingerprint density at radius 2 is 1.53 bits per heavy atom. The molecule has 0 saturated carbocycles. The summed E-state index contributed by atoms with van der Waals surface area (Å²) in [5.74, 6) is -1.83. The number of aromatic amines is 1. The van der Waals surface area contributed by atoms with E-state index in [1.54, 1.807) is 6.07 Å². The van der Waals surface area contributed by atoms with Gasteiger partial charge in [0.25, 0.3) is 5.60 Å². The molecule has 36 heavy (non-hydrogen) atoms. The van der Waals surface area contributed by atoms with E-state index in [1.807, 2.05) is 0 Å². The van der Waals surface area contributed by atoms with Crippen LogP contribution in [0.3, 0.4) is 0 Å². The SMILES string of the molecule is Nc1[nH]c2ccccc2c1CC(O)(C(F)(F)F)C(F)(F)F.Nc1cc(C(F)(F)F)c(Br)nc1C(=O)O. The number of hydrogen-bond donors (Lipinski definition) is 5. The van der Waals surface area contributed by atoms with E-state index in [0.29, 0.717) is 6.07 Å². The molecule has 0 aliphatic carbocycles. The topological polar surface area (TPSA) is 138 Å². The number of pyridine rings is 1. The van der Waals surface area contributed by atoms with E-state index >= 15 is 0 Å². The van der Waals surface area contributed by atoms with Crippen molar-refractivity contribution in [3.8, 4) is 0 Å². The van der Waals surface area contributed by atoms with Crippen LogP contribution in [0.15, 0.2) is 34.9 Å². The lowest BCUT2D eigenvalue weighted by Crippen LogP contribution is -2.58. The van der Waals surface area contributed by atoms with E-state index in [4.69, 9.17) is 16.6 Å². The number of nitrogens with one attached hydrogen (secondary N) is 1. The Balaban J connectivity index is 0.000000269. The largest absolute Gasteiger partial charge is 0.476 e. The van der Waals surface area contributed by atoms with Crippen LogP contribution in [0.2, 0.25) is 0 Å². The predicted octanol–water partition coefficient (Wildman–Crippen LogP) is 5.29. The summed E-state index contributed by atoms with van der Waals surface area (Å²) in [5.41, 5.74) is 3.32. The first-order valence-corrected chi connectivity index (χ1v) is 9.97. The summed E-state index contributed by atoms with van der Waals surface area (Å²) in [6, 6.07) is 6.29. The molecule has 0 aliphatic heterocycles. The summed E-state index contributed by atoms with van der Waals surface area (Å²) < 4.78 is 112. The molecule has 0 aliphatic rings. The maximum absolute atomic E-state index is 12.7. The number of carboxylic acid groups (broad SMARTS) is 1. The van der Waals surface area contributed by atoms with Gasteiger partial charge < -0.3 is 26.7 Å². The monoisotopic (exact) mass is 596 g/mol. The van der Waals surface area contributed by atoms with Gasteiger partial charge in [-0.3, -0.25) is 0 Å². The van der Waals surface area contributed by atoms with Crippen LogP contribution in [0, 0.1) is 0 Å². The Labute approximate surface area is 203 Å². The molecular weight excluding hydrogens is 583 g/mol. The van der Waals surface area contributed by atoms with E-state index in [1.165, 1.54) is 18.2 Å². The summed E-state index contributed by atoms with van der Waals surface area (Å²) in [6.45, 7) is 0. The van der Waals surface area contributed by atoms with Crippen molar-refractivity contribution in [1.82, 2.24) is 9.97 Å². The number of rotatable bonds is 3. The van der Waals surface area contributed by atoms with Gasteiger partial charge in [-0.25, -0.2) is 9.78 Å². The van der Waals surface area contributed by atoms with Crippen molar-refractivity contribution in [3.05, 3.63) is 51.8 Å². The van der Waals surface area contributed by atoms with Crippen molar-refractivity contribution in [1.29, 1.82) is 0 Å². The highest BCUT2D eigenvalue weighted by Crippen LogP contribution is 2.46. The number of aromatic nitrogens is 2. The maximum atomic E-state index is 12.7. The van der Waals surface area contributed by atoms with Crippen LogP contribution in [-0.2, 0) is 12.6 Å². The molecule has 0 unspecified atom stereocenters. The zero-order chi connectivity index (χ0) is 27.9. The minimum absolute atomic E-state index is 0.0990. The molecule has 0 fully saturated rings. The van der Waals surface area contributed by atoms with Crippen LogP contribution in [-0.4, -0.2) is 44.1 Å². The lowest BCUT2D eigenvalue weighted by atomic mass is 9.92. The van der Waals surface area contributed by atoms with Crippen LogP contribution < -0.4 is 11.5 Å². The molecular formula is C19H14BrF9N4O3. The Kier molecular flexibility index (Phi) is 7.81. The molecule has 0 atom stereocenters. The van der Waals surface area contributed by atoms with Crippen molar-refractivity contribution >= 4 is 44.3 Å². The number of nitrogens with zero attached hydrogens (tertiary/aromatic N) is 1. The first-order valence-electron chi connectivity index (χ1n) is 9.18. The average molecular weight is 597 g/mol. The highest BCUT2D eigenvalue weighted by molar-refractivity contribution is 9.10. The predicted molar refractivity (Wildman–Crippen MR) is 112 cm³/mol. The van der Waals surface area contributed by atoms with Gasteiger partial charge >= 0.3 is 24.5 Å². The van der Waals surface area contributed by atoms with Crippen molar-refractivity contribution in [2.45, 2.75) is 30.6 Å². The normalized spacial score (nSPS) is 12.9. The highest BCUT2D eigenvalue weighted by atomic mass is 79.9. The zero-order valence-electron chi connectivity index (χ0n) is 17.3. The van der Waals surface area contributed by atoms with Gasteiger partial charge in [0.1, 0.15) is 10.4 Å². The molecule has 3 aromatic rings. The minimum atomic E-state index is -5.88. The molecule has 2 aromatic heterocycles. The van der Waals surface area contributed by atoms with Gasteiger partial charge in [0.2, 0.25) is 0 Å². The lowest BCUT2D eigenvalue weighted by Gasteiger charge is -2.32. The van der Waals surface area contributed by atoms with Crippen LogP contribution >= 0.6 is 15.9 Å². The Morgan fingerprint density at radius 1 is 1.00 bits per heavy atom. The Hall–Kier alpha value is -3.21. The molecule has 0 bridgehead atoms. The second-order valence-corrected chi connectivity index (χ2v) is 7.91. The van der Waals surface area contributed by atoms with Gasteiger partial charge in [-0.2, -0.15) is 39.5 Å². The number of aliphatic hydroxyl groups is 1. The number of carbonyl (C=O) groups is 1. The van der Waals surface area contributed by atoms with Gasteiger partial charge in [0.05, 0.1) is 11.3 Å². The number of para-hydroxylation sites is 1. The number of H-pyrrole nitrogens is 1. The van der Waals surface area contributed by atoms with E-state index in [2.05, 4.69) is 25.9 Å². The molecule has 0 spiro atoms. The van der Waals surface area contributed by atoms with Crippen LogP contribution in [0.5, 0.6) is 0 Å². The van der Waals surface area contributed by atoms with Crippen molar-refractivity contribution in [2.75, 3.05) is 11.5 Å². The number of nitrogens with two attached hydrogens (primary N) is 2. The second kappa shape index (κ2) is 9.68. The molecule has 2 heterocycles. The molecule has 7 N–H and O–H groups in total. The van der Waals surface area contributed by atoms with E-state index in [-0.39, 0.29) is 16.7 Å². The van der Waals surface area contributed by atoms with Gasteiger partial charge in [0.15, 0.2) is 5.69 Å². The number of nitrogen functional groups attached to an aromatic ring is 2. The third kappa shape index (κ3) is 5.77. The molecule has 0 amide bonds. The molecule has 0 radical (unpaired) electrons. The number of alkyl halides is 9. The van der Waals surface area contributed by atoms with Gasteiger partial charge in [-0.15, -0.1) is 0 Å². The number of aromatic carboxylic acids is 1. The van der Waals surface area contributed by atoms with Crippen LogP contribution in [0.4, 0.5) is 51.0 Å². The Morgan fingerprint density at radius 3 is 2.00 bits per heavy atom. The third-order valence-electron chi connectivity index (χ3n) is 4.73. The first kappa shape index (κ1) is 29.0. The summed E-state index contributed by atoms with van der Waals surface area (Å²) in [7, 11) is 0. The quantitative estimate of drug-likeness (QED) is 0.206. The highest BCUT2D eigenvalue weighted by Gasteiger charge is 2.70. The Bertz CT molecular complexity index is 1260. The summed E-state index contributed by atoms with van der Waals surface area (Å²) in [5, 5.41) is 17.9. The van der Waals surface area contributed by atoms with Gasteiger partial charge in [-0.1, -0.05) is 18.2 Å². The van der Waals surface area contributed by atoms with Gasteiger partial charge in [-0.05, 0) is 28.1 Å². The fraction of sp³-hybridized carbons (Fsp3) is 0.263. The molecule has 0 saturated heterocycles. The van der Waals surface area contributed by atoms with Crippen LogP contribution in [0.1, 0.15) is 21.6 Å². The molecule has 3 rings (SSSR count). The number of hydrogen-bond acceptors (Lipinski definition) is 5. The second-order valence-electron chi connectivity index (χ2n) is 7.16. The summed E-state index contributed by atoms with van der Waals surface area (Å²) >= 11 is 2.54. The number of fused-ring (bicyclic) bond motifs is 1. The summed E-state index contributed by atoms with van der Waals surface area (Å²) in [6.07, 6.45) is -18.1. The van der Waals surface area contributed by atoms with Crippen LogP contribution in [0.25, 0.3) is 10.9 Å². The third-order valence-corrected chi connectivity index (χ3v) is 5.34. The lowest BCUT2D eigenvalue weighted by molar-refractivity contribution is -0.367. The molecule has 17 heteroatoms. The van der Waals surface area contributed by atoms with Crippen molar-refractivity contribution in [2.24, 2.45) is 0 Å². The summed E-state index contributed by atoms with van der Waals surface area (Å²) in [4.78, 5) is 16.2. The molecule has 198 valence electrons. The number of carboxylic acids is 1. The van der Waals surface area contributed by atoms with E-state index in [0.717, 1.165) is 0 Å². The standard InChI is InChI=1S/C12H10F6N2O.C7H4BrF3N2O2/c13-11(14,15)10(21,12(16,17)18)5-7-6-3-1-2-4-8(6)20-9(7)19;8-5-2(7(9,10)11)1-3(12)4(13-5)6(14)15/h1-4,20-21H,5,19H2;1H,12H2,(H,14,15). The maximum Gasteiger partial charge on any atom is 0.426 e. The van der Waals surface area contributed by atoms with Crippen molar-refractivity contribution < 1.29 is 54.5 Å². The smallest absolute Gasteiger partial charge is 0.426 e. The number of halogens is 10. The molecule has 7 nitrogen and oxygen atoms in total. The fourth-order valence-electron chi connectivity index (χ4n) is 2.90. The fourth-order valence-corrected chi connectivity index (χ4v) is 3.42. The average Bonchev–Trinajstić information content (AvgIpc) is 3.02. The first-order chi connectivity index (χ1) is 16.2. The minimum Gasteiger partial charge on any atom is -0.476 e. The van der Waals surface area contributed by atoms with Crippen molar-refractivity contribution in [3.63, 3.8) is 0 Å². The van der Waals surface area contributed by atoms with E-state index in [9.17, 15) is 49.4 Å². The number of benzene rings is 1. The van der Waals surface area contributed by atoms with E-state index < -0.39 is 63.6 Å². The van der Waals surface area contributed by atoms with Gasteiger partial charge in [0, 0.05) is 22.9 Å².